The van der Waals surface area contributed by atoms with Crippen LogP contribution in [0.2, 0.25) is 0 Å². The van der Waals surface area contributed by atoms with Crippen molar-refractivity contribution in [3.05, 3.63) is 23.8 Å². The minimum absolute atomic E-state index is 0.0159. The molecule has 1 aliphatic rings. The van der Waals surface area contributed by atoms with E-state index in [1.165, 1.54) is 12.1 Å². The Kier molecular flexibility index (Phi) is 4.26. The summed E-state index contributed by atoms with van der Waals surface area (Å²) in [7, 11) is -3.92. The van der Waals surface area contributed by atoms with Gasteiger partial charge in [0, 0.05) is 18.3 Å². The van der Waals surface area contributed by atoms with Gasteiger partial charge in [-0.1, -0.05) is 0 Å². The lowest BCUT2D eigenvalue weighted by atomic mass is 10.1. The van der Waals surface area contributed by atoms with Crippen LogP contribution < -0.4 is 10.5 Å². The van der Waals surface area contributed by atoms with Gasteiger partial charge in [0.2, 0.25) is 10.0 Å². The van der Waals surface area contributed by atoms with Gasteiger partial charge in [-0.25, -0.2) is 18.4 Å². The Morgan fingerprint density at radius 3 is 2.75 bits per heavy atom. The fraction of sp³-hybridized carbons (Fsp3) is 0.417. The zero-order valence-corrected chi connectivity index (χ0v) is 11.5. The molecule has 0 aromatic heterocycles. The van der Waals surface area contributed by atoms with Gasteiger partial charge in [-0.2, -0.15) is 0 Å². The smallest absolute Gasteiger partial charge is 0.337 e. The number of hydrogen-bond acceptors (Lipinski definition) is 5. The zero-order valence-electron chi connectivity index (χ0n) is 10.7. The van der Waals surface area contributed by atoms with Gasteiger partial charge in [0.15, 0.2) is 0 Å². The van der Waals surface area contributed by atoms with E-state index in [1.54, 1.807) is 0 Å². The number of carboxylic acid groups (broad SMARTS) is 1. The second-order valence-corrected chi connectivity index (χ2v) is 6.18. The quantitative estimate of drug-likeness (QED) is 0.750. The topological polar surface area (TPSA) is 119 Å². The summed E-state index contributed by atoms with van der Waals surface area (Å²) in [5, 5.41) is 17.2. The summed E-state index contributed by atoms with van der Waals surface area (Å²) >= 11 is 0. The van der Waals surface area contributed by atoms with Crippen molar-refractivity contribution >= 4 is 21.7 Å². The number of carboxylic acids is 1. The molecule has 8 heteroatoms. The molecular weight excluding hydrogens is 284 g/mol. The first-order chi connectivity index (χ1) is 9.38. The molecule has 1 unspecified atom stereocenters. The molecule has 1 atom stereocenters. The average molecular weight is 300 g/mol. The van der Waals surface area contributed by atoms with Gasteiger partial charge in [-0.15, -0.1) is 0 Å². The van der Waals surface area contributed by atoms with Gasteiger partial charge in [0.05, 0.1) is 17.1 Å². The van der Waals surface area contributed by atoms with Crippen molar-refractivity contribution in [3.8, 4) is 0 Å². The minimum atomic E-state index is -3.92. The Morgan fingerprint density at radius 1 is 1.45 bits per heavy atom. The number of primary sulfonamides is 1. The maximum atomic E-state index is 11.3. The number of nitrogens with one attached hydrogen (secondary N) is 1. The second-order valence-electron chi connectivity index (χ2n) is 4.62. The van der Waals surface area contributed by atoms with E-state index in [-0.39, 0.29) is 16.5 Å². The van der Waals surface area contributed by atoms with Gasteiger partial charge in [-0.3, -0.25) is 0 Å². The number of anilines is 1. The normalized spacial score (nSPS) is 19.6. The van der Waals surface area contributed by atoms with Crippen molar-refractivity contribution in [2.45, 2.75) is 23.8 Å². The van der Waals surface area contributed by atoms with Crippen LogP contribution in [0.25, 0.3) is 0 Å². The highest BCUT2D eigenvalue weighted by Crippen LogP contribution is 2.22. The Morgan fingerprint density at radius 2 is 2.20 bits per heavy atom. The molecule has 0 aliphatic carbocycles. The molecule has 0 amide bonds. The van der Waals surface area contributed by atoms with Gasteiger partial charge in [0.1, 0.15) is 0 Å². The molecule has 0 saturated carbocycles. The Bertz CT molecular complexity index is 608. The standard InChI is InChI=1S/C12H16N2O5S/c13-20(17,18)9-3-4-11(10(6-9)12(15)16)14-8-2-1-5-19-7-8/h3-4,6,8,14H,1-2,5,7H2,(H,15,16)(H2,13,17,18). The lowest BCUT2D eigenvalue weighted by molar-refractivity contribution is 0.0696. The molecule has 20 heavy (non-hydrogen) atoms. The lowest BCUT2D eigenvalue weighted by Crippen LogP contribution is -2.30. The Hall–Kier alpha value is -1.64. The molecule has 1 aromatic rings. The summed E-state index contributed by atoms with van der Waals surface area (Å²) in [6.45, 7) is 1.20. The van der Waals surface area contributed by atoms with Crippen LogP contribution in [-0.4, -0.2) is 38.7 Å². The highest BCUT2D eigenvalue weighted by Gasteiger charge is 2.19. The van der Waals surface area contributed by atoms with Crippen molar-refractivity contribution in [1.82, 2.24) is 0 Å². The molecule has 0 bridgehead atoms. The number of benzene rings is 1. The summed E-state index contributed by atoms with van der Waals surface area (Å²) in [5.41, 5.74) is 0.238. The average Bonchev–Trinajstić information content (AvgIpc) is 2.38. The number of sulfonamides is 1. The van der Waals surface area contributed by atoms with Crippen LogP contribution in [0.1, 0.15) is 23.2 Å². The van der Waals surface area contributed by atoms with Crippen LogP contribution in [0.15, 0.2) is 23.1 Å². The molecular formula is C12H16N2O5S. The zero-order chi connectivity index (χ0) is 14.8. The third-order valence-corrected chi connectivity index (χ3v) is 3.98. The molecule has 1 saturated heterocycles. The van der Waals surface area contributed by atoms with Gasteiger partial charge < -0.3 is 15.2 Å². The maximum absolute atomic E-state index is 11.3. The molecule has 0 spiro atoms. The SMILES string of the molecule is NS(=O)(=O)c1ccc(NC2CCCOC2)c(C(=O)O)c1. The molecule has 1 fully saturated rings. The number of hydrogen-bond donors (Lipinski definition) is 3. The predicted octanol–water partition coefficient (Wildman–Crippen LogP) is 0.623. The first-order valence-corrected chi connectivity index (χ1v) is 7.67. The molecule has 2 rings (SSSR count). The van der Waals surface area contributed by atoms with Crippen LogP contribution in [0.5, 0.6) is 0 Å². The predicted molar refractivity (Wildman–Crippen MR) is 72.2 cm³/mol. The number of carbonyl (C=O) groups is 1. The first kappa shape index (κ1) is 14.8. The van der Waals surface area contributed by atoms with E-state index in [1.807, 2.05) is 0 Å². The van der Waals surface area contributed by atoms with Crippen molar-refractivity contribution < 1.29 is 23.1 Å². The van der Waals surface area contributed by atoms with E-state index in [0.29, 0.717) is 18.9 Å². The van der Waals surface area contributed by atoms with Crippen molar-refractivity contribution in [2.75, 3.05) is 18.5 Å². The summed E-state index contributed by atoms with van der Waals surface area (Å²) in [6.07, 6.45) is 1.77. The number of rotatable bonds is 4. The van der Waals surface area contributed by atoms with Crippen LogP contribution >= 0.6 is 0 Å². The van der Waals surface area contributed by atoms with Gasteiger partial charge in [0.25, 0.3) is 0 Å². The third kappa shape index (κ3) is 3.47. The minimum Gasteiger partial charge on any atom is -0.478 e. The number of aromatic carboxylic acids is 1. The van der Waals surface area contributed by atoms with Crippen molar-refractivity contribution in [2.24, 2.45) is 5.14 Å². The summed E-state index contributed by atoms with van der Waals surface area (Å²) in [5.74, 6) is -1.21. The number of nitrogens with two attached hydrogens (primary N) is 1. The van der Waals surface area contributed by atoms with E-state index < -0.39 is 16.0 Å². The maximum Gasteiger partial charge on any atom is 0.337 e. The Balaban J connectivity index is 2.30. The van der Waals surface area contributed by atoms with Crippen molar-refractivity contribution in [3.63, 3.8) is 0 Å². The molecule has 1 aromatic carbocycles. The van der Waals surface area contributed by atoms with Gasteiger partial charge in [-0.05, 0) is 31.0 Å². The van der Waals surface area contributed by atoms with E-state index >= 15 is 0 Å². The van der Waals surface area contributed by atoms with E-state index in [2.05, 4.69) is 5.32 Å². The number of ether oxygens (including phenoxy) is 1. The highest BCUT2D eigenvalue weighted by molar-refractivity contribution is 7.89. The highest BCUT2D eigenvalue weighted by atomic mass is 32.2. The van der Waals surface area contributed by atoms with Gasteiger partial charge >= 0.3 is 5.97 Å². The fourth-order valence-electron chi connectivity index (χ4n) is 2.08. The second kappa shape index (κ2) is 5.78. The largest absolute Gasteiger partial charge is 0.478 e. The van der Waals surface area contributed by atoms with E-state index in [0.717, 1.165) is 18.9 Å². The molecule has 1 aliphatic heterocycles. The third-order valence-electron chi connectivity index (χ3n) is 3.07. The van der Waals surface area contributed by atoms with Crippen LogP contribution in [0, 0.1) is 0 Å². The Labute approximate surface area is 116 Å². The molecule has 0 radical (unpaired) electrons. The van der Waals surface area contributed by atoms with Crippen molar-refractivity contribution in [1.29, 1.82) is 0 Å². The molecule has 1 heterocycles. The monoisotopic (exact) mass is 300 g/mol. The van der Waals surface area contributed by atoms with Crippen LogP contribution in [0.4, 0.5) is 5.69 Å². The van der Waals surface area contributed by atoms with Crippen LogP contribution in [0.3, 0.4) is 0 Å². The summed E-state index contributed by atoms with van der Waals surface area (Å²) in [6, 6.07) is 3.78. The van der Waals surface area contributed by atoms with E-state index in [9.17, 15) is 18.3 Å². The first-order valence-electron chi connectivity index (χ1n) is 6.12. The van der Waals surface area contributed by atoms with E-state index in [4.69, 9.17) is 9.88 Å². The molecule has 110 valence electrons. The lowest BCUT2D eigenvalue weighted by Gasteiger charge is -2.25. The summed E-state index contributed by atoms with van der Waals surface area (Å²) < 4.78 is 27.8. The molecule has 7 nitrogen and oxygen atoms in total. The van der Waals surface area contributed by atoms with Crippen LogP contribution in [-0.2, 0) is 14.8 Å². The summed E-state index contributed by atoms with van der Waals surface area (Å²) in [4.78, 5) is 11.0. The molecule has 4 N–H and O–H groups in total. The fourth-order valence-corrected chi connectivity index (χ4v) is 2.62.